The number of hydrogen-bond donors (Lipinski definition) is 1. The number of hydrogen-bond acceptors (Lipinski definition) is 6. The van der Waals surface area contributed by atoms with Gasteiger partial charge in [-0.3, -0.25) is 9.78 Å². The average molecular weight is 452 g/mol. The standard InChI is InChI=1S/C27H25N5O2/c33-27(31-25-12-10-22(17-29-25)21-8-4-14-28-16-21)24-9-5-15-32(24)23-11-13-26(30-18-23)34-19-20-6-2-1-3-7-20/h1-4,6-8,10-14,16-18,24H,5,9,15,19H2,(H,29,31,33). The lowest BCUT2D eigenvalue weighted by molar-refractivity contribution is -0.117. The van der Waals surface area contributed by atoms with Crippen LogP contribution in [-0.2, 0) is 11.4 Å². The number of nitrogens with one attached hydrogen (secondary N) is 1. The minimum Gasteiger partial charge on any atom is -0.473 e. The Morgan fingerprint density at radius 3 is 2.56 bits per heavy atom. The fourth-order valence-electron chi connectivity index (χ4n) is 4.09. The molecule has 4 aromatic rings. The van der Waals surface area contributed by atoms with Crippen molar-refractivity contribution in [2.24, 2.45) is 0 Å². The molecule has 1 fully saturated rings. The molecule has 1 aliphatic heterocycles. The highest BCUT2D eigenvalue weighted by atomic mass is 16.5. The predicted octanol–water partition coefficient (Wildman–Crippen LogP) is 4.73. The van der Waals surface area contributed by atoms with Crippen molar-refractivity contribution >= 4 is 17.4 Å². The topological polar surface area (TPSA) is 80.2 Å². The van der Waals surface area contributed by atoms with Gasteiger partial charge in [-0.05, 0) is 42.7 Å². The molecule has 170 valence electrons. The summed E-state index contributed by atoms with van der Waals surface area (Å²) in [5, 5.41) is 2.96. The second-order valence-corrected chi connectivity index (χ2v) is 8.14. The van der Waals surface area contributed by atoms with Gasteiger partial charge in [-0.15, -0.1) is 0 Å². The van der Waals surface area contributed by atoms with Crippen molar-refractivity contribution in [2.45, 2.75) is 25.5 Å². The van der Waals surface area contributed by atoms with Crippen LogP contribution in [-0.4, -0.2) is 33.4 Å². The highest BCUT2D eigenvalue weighted by molar-refractivity contribution is 5.96. The third kappa shape index (κ3) is 5.04. The number of nitrogens with zero attached hydrogens (tertiary/aromatic N) is 4. The van der Waals surface area contributed by atoms with E-state index in [1.54, 1.807) is 24.8 Å². The molecule has 0 spiro atoms. The number of carbonyl (C=O) groups is 1. The van der Waals surface area contributed by atoms with Crippen molar-refractivity contribution in [1.29, 1.82) is 0 Å². The molecular weight excluding hydrogens is 426 g/mol. The summed E-state index contributed by atoms with van der Waals surface area (Å²) in [5.41, 5.74) is 3.93. The zero-order chi connectivity index (χ0) is 23.2. The molecule has 1 aromatic carbocycles. The van der Waals surface area contributed by atoms with Crippen LogP contribution in [0.15, 0.2) is 91.5 Å². The van der Waals surface area contributed by atoms with Crippen LogP contribution in [0.2, 0.25) is 0 Å². The van der Waals surface area contributed by atoms with E-state index in [-0.39, 0.29) is 11.9 Å². The summed E-state index contributed by atoms with van der Waals surface area (Å²) in [6.07, 6.45) is 8.77. The Balaban J connectivity index is 1.21. The van der Waals surface area contributed by atoms with E-state index in [2.05, 4.69) is 25.2 Å². The Morgan fingerprint density at radius 2 is 1.82 bits per heavy atom. The van der Waals surface area contributed by atoms with E-state index in [1.165, 1.54) is 0 Å². The zero-order valence-corrected chi connectivity index (χ0v) is 18.7. The van der Waals surface area contributed by atoms with Crippen molar-refractivity contribution in [2.75, 3.05) is 16.8 Å². The zero-order valence-electron chi connectivity index (χ0n) is 18.7. The van der Waals surface area contributed by atoms with E-state index in [0.717, 1.165) is 41.8 Å². The Morgan fingerprint density at radius 1 is 0.941 bits per heavy atom. The Kier molecular flexibility index (Phi) is 6.42. The Labute approximate surface area is 198 Å². The minimum atomic E-state index is -0.266. The quantitative estimate of drug-likeness (QED) is 0.438. The van der Waals surface area contributed by atoms with Crippen LogP contribution in [0, 0.1) is 0 Å². The molecule has 1 aliphatic rings. The summed E-state index contributed by atoms with van der Waals surface area (Å²) in [5.74, 6) is 1.03. The second kappa shape index (κ2) is 10.1. The highest BCUT2D eigenvalue weighted by Crippen LogP contribution is 2.27. The maximum absolute atomic E-state index is 13.0. The van der Waals surface area contributed by atoms with E-state index < -0.39 is 0 Å². The molecule has 0 aliphatic carbocycles. The molecule has 0 radical (unpaired) electrons. The van der Waals surface area contributed by atoms with Gasteiger partial charge in [-0.2, -0.15) is 0 Å². The monoisotopic (exact) mass is 451 g/mol. The van der Waals surface area contributed by atoms with Crippen LogP contribution >= 0.6 is 0 Å². The number of pyridine rings is 3. The summed E-state index contributed by atoms with van der Waals surface area (Å²) < 4.78 is 5.78. The molecule has 4 heterocycles. The molecule has 1 atom stereocenters. The van der Waals surface area contributed by atoms with Gasteiger partial charge >= 0.3 is 0 Å². The molecule has 7 heteroatoms. The third-order valence-corrected chi connectivity index (χ3v) is 5.85. The van der Waals surface area contributed by atoms with Gasteiger partial charge in [0.2, 0.25) is 11.8 Å². The first-order valence-electron chi connectivity index (χ1n) is 11.3. The van der Waals surface area contributed by atoms with Crippen LogP contribution in [0.4, 0.5) is 11.5 Å². The fourth-order valence-corrected chi connectivity index (χ4v) is 4.09. The van der Waals surface area contributed by atoms with Gasteiger partial charge in [0.15, 0.2) is 0 Å². The van der Waals surface area contributed by atoms with E-state index in [0.29, 0.717) is 18.3 Å². The maximum atomic E-state index is 13.0. The molecule has 1 saturated heterocycles. The molecule has 0 bridgehead atoms. The van der Waals surface area contributed by atoms with Gasteiger partial charge in [0.05, 0.1) is 11.9 Å². The molecular formula is C27H25N5O2. The van der Waals surface area contributed by atoms with Gasteiger partial charge in [-0.1, -0.05) is 36.4 Å². The SMILES string of the molecule is O=C(Nc1ccc(-c2cccnc2)cn1)C1CCCN1c1ccc(OCc2ccccc2)nc1. The Bertz CT molecular complexity index is 1220. The lowest BCUT2D eigenvalue weighted by atomic mass is 10.1. The van der Waals surface area contributed by atoms with Crippen LogP contribution in [0.3, 0.4) is 0 Å². The lowest BCUT2D eigenvalue weighted by Gasteiger charge is -2.25. The van der Waals surface area contributed by atoms with Crippen molar-refractivity contribution in [1.82, 2.24) is 15.0 Å². The number of ether oxygens (including phenoxy) is 1. The number of rotatable bonds is 7. The molecule has 5 rings (SSSR count). The van der Waals surface area contributed by atoms with E-state index in [4.69, 9.17) is 4.74 Å². The minimum absolute atomic E-state index is 0.0662. The summed E-state index contributed by atoms with van der Waals surface area (Å²) in [7, 11) is 0. The Hall–Kier alpha value is -4.26. The molecule has 0 saturated carbocycles. The molecule has 7 nitrogen and oxygen atoms in total. The average Bonchev–Trinajstić information content (AvgIpc) is 3.40. The van der Waals surface area contributed by atoms with Crippen molar-refractivity contribution < 1.29 is 9.53 Å². The largest absolute Gasteiger partial charge is 0.473 e. The number of carbonyl (C=O) groups excluding carboxylic acids is 1. The first-order valence-corrected chi connectivity index (χ1v) is 11.3. The van der Waals surface area contributed by atoms with E-state index in [1.807, 2.05) is 66.7 Å². The highest BCUT2D eigenvalue weighted by Gasteiger charge is 2.31. The summed E-state index contributed by atoms with van der Waals surface area (Å²) in [6.45, 7) is 1.27. The second-order valence-electron chi connectivity index (χ2n) is 8.14. The molecule has 34 heavy (non-hydrogen) atoms. The van der Waals surface area contributed by atoms with Crippen LogP contribution in [0.5, 0.6) is 5.88 Å². The van der Waals surface area contributed by atoms with E-state index in [9.17, 15) is 4.79 Å². The van der Waals surface area contributed by atoms with Gasteiger partial charge in [0.1, 0.15) is 18.5 Å². The van der Waals surface area contributed by atoms with E-state index >= 15 is 0 Å². The van der Waals surface area contributed by atoms with Gasteiger partial charge < -0.3 is 15.0 Å². The first-order chi connectivity index (χ1) is 16.8. The number of aromatic nitrogens is 3. The normalized spacial score (nSPS) is 15.2. The van der Waals surface area contributed by atoms with Crippen LogP contribution in [0.1, 0.15) is 18.4 Å². The predicted molar refractivity (Wildman–Crippen MR) is 131 cm³/mol. The molecule has 1 unspecified atom stereocenters. The molecule has 3 aromatic heterocycles. The van der Waals surface area contributed by atoms with Crippen molar-refractivity contribution in [3.8, 4) is 17.0 Å². The number of anilines is 2. The van der Waals surface area contributed by atoms with Gasteiger partial charge in [0, 0.05) is 42.3 Å². The van der Waals surface area contributed by atoms with Gasteiger partial charge in [0.25, 0.3) is 0 Å². The first kappa shape index (κ1) is 21.6. The maximum Gasteiger partial charge on any atom is 0.248 e. The van der Waals surface area contributed by atoms with Crippen molar-refractivity contribution in [3.05, 3.63) is 97.1 Å². The summed E-state index contributed by atoms with van der Waals surface area (Å²) in [4.78, 5) is 28.1. The third-order valence-electron chi connectivity index (χ3n) is 5.85. The summed E-state index contributed by atoms with van der Waals surface area (Å²) in [6, 6.07) is 21.1. The van der Waals surface area contributed by atoms with Crippen LogP contribution < -0.4 is 15.0 Å². The fraction of sp³-hybridized carbons (Fsp3) is 0.185. The smallest absolute Gasteiger partial charge is 0.248 e. The lowest BCUT2D eigenvalue weighted by Crippen LogP contribution is -2.39. The summed E-state index contributed by atoms with van der Waals surface area (Å²) >= 11 is 0. The van der Waals surface area contributed by atoms with Crippen LogP contribution in [0.25, 0.3) is 11.1 Å². The molecule has 1 N–H and O–H groups in total. The van der Waals surface area contributed by atoms with Gasteiger partial charge in [-0.25, -0.2) is 9.97 Å². The number of benzene rings is 1. The van der Waals surface area contributed by atoms with Crippen molar-refractivity contribution in [3.63, 3.8) is 0 Å². The number of amides is 1. The molecule has 1 amide bonds.